The maximum absolute atomic E-state index is 13.2. The molecule has 5 nitrogen and oxygen atoms in total. The number of hydrogen-bond acceptors (Lipinski definition) is 3. The number of anilines is 1. The van der Waals surface area contributed by atoms with Crippen LogP contribution in [-0.4, -0.2) is 34.6 Å². The van der Waals surface area contributed by atoms with Gasteiger partial charge in [0, 0.05) is 47.3 Å². The van der Waals surface area contributed by atoms with Gasteiger partial charge in [0.15, 0.2) is 0 Å². The molecule has 0 atom stereocenters. The average molecular weight is 491 g/mol. The summed E-state index contributed by atoms with van der Waals surface area (Å²) in [6.07, 6.45) is 3.53. The first kappa shape index (κ1) is 22.5. The Morgan fingerprint density at radius 1 is 0.853 bits per heavy atom. The van der Waals surface area contributed by atoms with E-state index in [1.165, 1.54) is 5.69 Å². The molecule has 1 aromatic heterocycles. The van der Waals surface area contributed by atoms with E-state index >= 15 is 0 Å². The Hall–Kier alpha value is -3.28. The van der Waals surface area contributed by atoms with E-state index in [1.807, 2.05) is 59.2 Å². The summed E-state index contributed by atoms with van der Waals surface area (Å²) < 4.78 is 1.88. The van der Waals surface area contributed by atoms with Gasteiger partial charge in [0.25, 0.3) is 5.91 Å². The van der Waals surface area contributed by atoms with Crippen molar-refractivity contribution in [2.45, 2.75) is 18.9 Å². The van der Waals surface area contributed by atoms with Crippen molar-refractivity contribution in [2.24, 2.45) is 0 Å². The molecular formula is C27H24Cl2N4O. The fraction of sp³-hybridized carbons (Fsp3) is 0.185. The molecule has 1 aliphatic rings. The van der Waals surface area contributed by atoms with Crippen molar-refractivity contribution < 1.29 is 4.79 Å². The van der Waals surface area contributed by atoms with Gasteiger partial charge in [-0.2, -0.15) is 0 Å². The standard InChI is InChI=1S/C27H24Cl2N4O/c28-19-10-12-22(13-11-19)33-18-25(31-26(33)23-8-4-5-9-24(23)29)27(34)30-20-14-16-32(17-15-20)21-6-2-1-3-7-21/h1-13,18,20H,14-17H2,(H,30,34). The van der Waals surface area contributed by atoms with E-state index in [2.05, 4.69) is 34.5 Å². The Bertz CT molecular complexity index is 1280. The summed E-state index contributed by atoms with van der Waals surface area (Å²) in [6, 6.07) is 25.4. The molecule has 3 aromatic carbocycles. The lowest BCUT2D eigenvalue weighted by molar-refractivity contribution is 0.0926. The van der Waals surface area contributed by atoms with E-state index in [0.717, 1.165) is 37.2 Å². The normalized spacial score (nSPS) is 14.2. The highest BCUT2D eigenvalue weighted by Crippen LogP contribution is 2.30. The van der Waals surface area contributed by atoms with Gasteiger partial charge >= 0.3 is 0 Å². The number of carbonyl (C=O) groups is 1. The maximum Gasteiger partial charge on any atom is 0.271 e. The van der Waals surface area contributed by atoms with Crippen LogP contribution in [0.15, 0.2) is 85.1 Å². The molecule has 34 heavy (non-hydrogen) atoms. The van der Waals surface area contributed by atoms with Crippen molar-refractivity contribution in [2.75, 3.05) is 18.0 Å². The van der Waals surface area contributed by atoms with Crippen LogP contribution >= 0.6 is 23.2 Å². The zero-order valence-corrected chi connectivity index (χ0v) is 20.0. The Morgan fingerprint density at radius 2 is 1.53 bits per heavy atom. The van der Waals surface area contributed by atoms with Crippen LogP contribution in [-0.2, 0) is 0 Å². The number of nitrogens with zero attached hydrogens (tertiary/aromatic N) is 3. The van der Waals surface area contributed by atoms with Crippen LogP contribution in [0.4, 0.5) is 5.69 Å². The van der Waals surface area contributed by atoms with E-state index in [1.54, 1.807) is 6.20 Å². The first-order valence-electron chi connectivity index (χ1n) is 11.3. The van der Waals surface area contributed by atoms with Gasteiger partial charge in [-0.25, -0.2) is 4.98 Å². The number of benzene rings is 3. The maximum atomic E-state index is 13.2. The van der Waals surface area contributed by atoms with Crippen LogP contribution in [0.25, 0.3) is 17.1 Å². The van der Waals surface area contributed by atoms with Gasteiger partial charge in [0.1, 0.15) is 11.5 Å². The molecule has 0 aliphatic carbocycles. The molecule has 0 spiro atoms. The number of aromatic nitrogens is 2. The summed E-state index contributed by atoms with van der Waals surface area (Å²) in [7, 11) is 0. The zero-order valence-electron chi connectivity index (χ0n) is 18.5. The second-order valence-electron chi connectivity index (χ2n) is 8.35. The van der Waals surface area contributed by atoms with Crippen LogP contribution < -0.4 is 10.2 Å². The van der Waals surface area contributed by atoms with Crippen LogP contribution in [0.5, 0.6) is 0 Å². The minimum atomic E-state index is -0.181. The van der Waals surface area contributed by atoms with Crippen LogP contribution in [0.2, 0.25) is 10.0 Å². The second kappa shape index (κ2) is 9.92. The quantitative estimate of drug-likeness (QED) is 0.359. The lowest BCUT2D eigenvalue weighted by Gasteiger charge is -2.33. The van der Waals surface area contributed by atoms with Crippen molar-refractivity contribution >= 4 is 34.8 Å². The minimum absolute atomic E-state index is 0.108. The number of para-hydroxylation sites is 1. The van der Waals surface area contributed by atoms with Crippen LogP contribution in [0.3, 0.4) is 0 Å². The van der Waals surface area contributed by atoms with E-state index in [-0.39, 0.29) is 11.9 Å². The fourth-order valence-corrected chi connectivity index (χ4v) is 4.65. The molecule has 1 amide bonds. The van der Waals surface area contributed by atoms with Crippen molar-refractivity contribution in [1.29, 1.82) is 0 Å². The molecule has 2 heterocycles. The number of amides is 1. The summed E-state index contributed by atoms with van der Waals surface area (Å²) in [5, 5.41) is 4.39. The smallest absolute Gasteiger partial charge is 0.271 e. The number of halogens is 2. The molecule has 172 valence electrons. The van der Waals surface area contributed by atoms with Gasteiger partial charge in [-0.1, -0.05) is 53.5 Å². The number of carbonyl (C=O) groups excluding carboxylic acids is 1. The van der Waals surface area contributed by atoms with E-state index in [9.17, 15) is 4.79 Å². The van der Waals surface area contributed by atoms with E-state index < -0.39 is 0 Å². The molecule has 4 aromatic rings. The predicted molar refractivity (Wildman–Crippen MR) is 138 cm³/mol. The van der Waals surface area contributed by atoms with E-state index in [0.29, 0.717) is 21.6 Å². The third-order valence-corrected chi connectivity index (χ3v) is 6.69. The largest absolute Gasteiger partial charge is 0.371 e. The van der Waals surface area contributed by atoms with Gasteiger partial charge in [-0.05, 0) is 61.4 Å². The highest BCUT2D eigenvalue weighted by molar-refractivity contribution is 6.33. The fourth-order valence-electron chi connectivity index (χ4n) is 4.30. The van der Waals surface area contributed by atoms with E-state index in [4.69, 9.17) is 28.2 Å². The van der Waals surface area contributed by atoms with Crippen LogP contribution in [0.1, 0.15) is 23.3 Å². The van der Waals surface area contributed by atoms with Crippen molar-refractivity contribution in [1.82, 2.24) is 14.9 Å². The first-order valence-corrected chi connectivity index (χ1v) is 12.0. The Labute approximate surface area is 209 Å². The summed E-state index contributed by atoms with van der Waals surface area (Å²) >= 11 is 12.6. The molecule has 0 saturated carbocycles. The SMILES string of the molecule is O=C(NC1CCN(c2ccccc2)CC1)c1cn(-c2ccc(Cl)cc2)c(-c2ccccc2Cl)n1. The third-order valence-electron chi connectivity index (χ3n) is 6.11. The average Bonchev–Trinajstić information content (AvgIpc) is 3.31. The molecule has 1 saturated heterocycles. The molecule has 0 radical (unpaired) electrons. The molecular weight excluding hydrogens is 467 g/mol. The highest BCUT2D eigenvalue weighted by Gasteiger charge is 2.24. The Morgan fingerprint density at radius 3 is 2.24 bits per heavy atom. The first-order chi connectivity index (χ1) is 16.6. The number of imidazole rings is 1. The molecule has 1 aliphatic heterocycles. The molecule has 0 bridgehead atoms. The minimum Gasteiger partial charge on any atom is -0.371 e. The van der Waals surface area contributed by atoms with Crippen molar-refractivity contribution in [3.63, 3.8) is 0 Å². The number of nitrogens with one attached hydrogen (secondary N) is 1. The predicted octanol–water partition coefficient (Wildman–Crippen LogP) is 6.24. The summed E-state index contributed by atoms with van der Waals surface area (Å²) in [5.41, 5.74) is 3.19. The highest BCUT2D eigenvalue weighted by atomic mass is 35.5. The number of rotatable bonds is 5. The summed E-state index contributed by atoms with van der Waals surface area (Å²) in [5.74, 6) is 0.427. The zero-order chi connectivity index (χ0) is 23.5. The lowest BCUT2D eigenvalue weighted by atomic mass is 10.0. The lowest BCUT2D eigenvalue weighted by Crippen LogP contribution is -2.44. The molecule has 0 unspecified atom stereocenters. The third kappa shape index (κ3) is 4.81. The summed E-state index contributed by atoms with van der Waals surface area (Å²) in [4.78, 5) is 20.2. The monoisotopic (exact) mass is 490 g/mol. The van der Waals surface area contributed by atoms with Gasteiger partial charge < -0.3 is 10.2 Å². The Kier molecular flexibility index (Phi) is 6.57. The summed E-state index contributed by atoms with van der Waals surface area (Å²) in [6.45, 7) is 1.80. The van der Waals surface area contributed by atoms with Gasteiger partial charge in [-0.3, -0.25) is 9.36 Å². The van der Waals surface area contributed by atoms with Crippen LogP contribution in [0, 0.1) is 0 Å². The van der Waals surface area contributed by atoms with Gasteiger partial charge in [0.2, 0.25) is 0 Å². The molecule has 7 heteroatoms. The number of hydrogen-bond donors (Lipinski definition) is 1. The molecule has 5 rings (SSSR count). The molecule has 1 N–H and O–H groups in total. The second-order valence-corrected chi connectivity index (χ2v) is 9.19. The van der Waals surface area contributed by atoms with Gasteiger partial charge in [-0.15, -0.1) is 0 Å². The van der Waals surface area contributed by atoms with Crippen molar-refractivity contribution in [3.8, 4) is 17.1 Å². The topological polar surface area (TPSA) is 50.2 Å². The van der Waals surface area contributed by atoms with Gasteiger partial charge in [0.05, 0.1) is 5.02 Å². The molecule has 1 fully saturated rings. The number of piperidine rings is 1. The van der Waals surface area contributed by atoms with Crippen molar-refractivity contribution in [3.05, 3.63) is 101 Å². The Balaban J connectivity index is 1.36.